The molecular weight excluding hydrogens is 392 g/mol. The van der Waals surface area contributed by atoms with Gasteiger partial charge in [0, 0.05) is 16.9 Å². The van der Waals surface area contributed by atoms with Gasteiger partial charge in [0.05, 0.1) is 6.04 Å². The van der Waals surface area contributed by atoms with Gasteiger partial charge in [0.15, 0.2) is 0 Å². The molecule has 1 aliphatic heterocycles. The van der Waals surface area contributed by atoms with Crippen LogP contribution in [0, 0.1) is 31.6 Å². The lowest BCUT2D eigenvalue weighted by molar-refractivity contribution is 0.102. The van der Waals surface area contributed by atoms with Gasteiger partial charge in [-0.3, -0.25) is 4.79 Å². The number of hydrogen-bond donors (Lipinski definition) is 2. The van der Waals surface area contributed by atoms with E-state index in [2.05, 4.69) is 72.2 Å². The van der Waals surface area contributed by atoms with Crippen molar-refractivity contribution in [3.8, 4) is 0 Å². The molecule has 5 atom stereocenters. The molecule has 6 rings (SSSR count). The lowest BCUT2D eigenvalue weighted by Gasteiger charge is -2.43. The second-order valence-electron chi connectivity index (χ2n) is 10.0. The first-order valence-corrected chi connectivity index (χ1v) is 11.9. The Labute approximate surface area is 190 Å². The molecule has 0 spiro atoms. The van der Waals surface area contributed by atoms with Crippen LogP contribution in [0.3, 0.4) is 0 Å². The van der Waals surface area contributed by atoms with E-state index in [1.807, 2.05) is 19.1 Å². The number of nitrogens with one attached hydrogen (secondary N) is 2. The highest BCUT2D eigenvalue weighted by molar-refractivity contribution is 6.05. The molecule has 2 aliphatic carbocycles. The average Bonchev–Trinajstić information content (AvgIpc) is 3.44. The predicted molar refractivity (Wildman–Crippen MR) is 130 cm³/mol. The third kappa shape index (κ3) is 3.14. The normalized spacial score (nSPS) is 27.4. The maximum atomic E-state index is 13.2. The minimum atomic E-state index is -0.0219. The lowest BCUT2D eigenvalue weighted by atomic mass is 9.68. The first-order chi connectivity index (χ1) is 15.6. The van der Waals surface area contributed by atoms with Crippen LogP contribution in [0.25, 0.3) is 0 Å². The zero-order valence-electron chi connectivity index (χ0n) is 18.8. The molecule has 0 radical (unpaired) electrons. The second-order valence-corrected chi connectivity index (χ2v) is 10.0. The van der Waals surface area contributed by atoms with Crippen LogP contribution in [0.5, 0.6) is 0 Å². The summed E-state index contributed by atoms with van der Waals surface area (Å²) in [6, 6.07) is 23.7. The molecule has 2 N–H and O–H groups in total. The van der Waals surface area contributed by atoms with E-state index in [9.17, 15) is 4.79 Å². The van der Waals surface area contributed by atoms with Gasteiger partial charge in [-0.2, -0.15) is 0 Å². The minimum Gasteiger partial charge on any atom is -0.378 e. The quantitative estimate of drug-likeness (QED) is 0.484. The van der Waals surface area contributed by atoms with E-state index in [4.69, 9.17) is 0 Å². The van der Waals surface area contributed by atoms with Crippen molar-refractivity contribution in [3.63, 3.8) is 0 Å². The summed E-state index contributed by atoms with van der Waals surface area (Å²) in [7, 11) is 0. The summed E-state index contributed by atoms with van der Waals surface area (Å²) in [5, 5.41) is 7.01. The molecule has 3 aliphatic rings. The highest BCUT2D eigenvalue weighted by atomic mass is 16.1. The first kappa shape index (κ1) is 19.6. The van der Waals surface area contributed by atoms with E-state index < -0.39 is 0 Å². The molecular formula is C29H30N2O. The van der Waals surface area contributed by atoms with Gasteiger partial charge in [0.2, 0.25) is 0 Å². The first-order valence-electron chi connectivity index (χ1n) is 11.9. The van der Waals surface area contributed by atoms with Crippen LogP contribution in [0.1, 0.15) is 63.8 Å². The number of carbonyl (C=O) groups excluding carboxylic acids is 1. The Kier molecular flexibility index (Phi) is 4.60. The van der Waals surface area contributed by atoms with Crippen molar-refractivity contribution >= 4 is 17.3 Å². The Hall–Kier alpha value is -3.07. The standard InChI is InChI=1S/C29H30N2O/c1-17-8-9-18(2)25(14-17)31-29(32)22-12-13-24-23(16-22)26-20-10-11-21(15-20)27(26)28(30-24)19-6-4-3-5-7-19/h3-9,12-14,16,20-21,26-28,30H,10-11,15H2,1-2H3,(H,31,32)/t20-,21-,26-,27+,28+/m0/s1. The highest BCUT2D eigenvalue weighted by Crippen LogP contribution is 2.63. The zero-order chi connectivity index (χ0) is 21.8. The summed E-state index contributed by atoms with van der Waals surface area (Å²) in [5.74, 6) is 2.66. The minimum absolute atomic E-state index is 0.0219. The summed E-state index contributed by atoms with van der Waals surface area (Å²) >= 11 is 0. The van der Waals surface area contributed by atoms with Gasteiger partial charge in [-0.15, -0.1) is 0 Å². The van der Waals surface area contributed by atoms with Gasteiger partial charge in [0.1, 0.15) is 0 Å². The Balaban J connectivity index is 1.35. The maximum Gasteiger partial charge on any atom is 0.255 e. The second kappa shape index (κ2) is 7.51. The summed E-state index contributed by atoms with van der Waals surface area (Å²) in [6.45, 7) is 4.09. The smallest absolute Gasteiger partial charge is 0.255 e. The topological polar surface area (TPSA) is 41.1 Å². The molecule has 1 amide bonds. The Morgan fingerprint density at radius 2 is 1.75 bits per heavy atom. The average molecular weight is 423 g/mol. The van der Waals surface area contributed by atoms with E-state index in [1.54, 1.807) is 0 Å². The summed E-state index contributed by atoms with van der Waals surface area (Å²) in [5.41, 5.74) is 7.83. The molecule has 2 saturated carbocycles. The van der Waals surface area contributed by atoms with Crippen molar-refractivity contribution in [2.45, 2.75) is 45.1 Å². The van der Waals surface area contributed by atoms with Gasteiger partial charge in [-0.25, -0.2) is 0 Å². The SMILES string of the molecule is Cc1ccc(C)c(NC(=O)c2ccc3c(c2)[C@@H]2[C@H]4CC[C@@H](C4)[C@H]2[C@@H](c2ccccc2)N3)c1. The van der Waals surface area contributed by atoms with Crippen molar-refractivity contribution in [2.24, 2.45) is 17.8 Å². The Morgan fingerprint density at radius 1 is 0.938 bits per heavy atom. The fourth-order valence-corrected chi connectivity index (χ4v) is 6.68. The molecule has 0 aromatic heterocycles. The van der Waals surface area contributed by atoms with Crippen LogP contribution in [0.15, 0.2) is 66.7 Å². The molecule has 162 valence electrons. The number of aryl methyl sites for hydroxylation is 2. The van der Waals surface area contributed by atoms with Crippen LogP contribution in [0.2, 0.25) is 0 Å². The number of rotatable bonds is 3. The van der Waals surface area contributed by atoms with Gasteiger partial charge in [-0.1, -0.05) is 42.5 Å². The molecule has 2 fully saturated rings. The highest BCUT2D eigenvalue weighted by Gasteiger charge is 2.53. The van der Waals surface area contributed by atoms with Crippen LogP contribution in [-0.4, -0.2) is 5.91 Å². The number of carbonyl (C=O) groups is 1. The van der Waals surface area contributed by atoms with E-state index in [1.165, 1.54) is 36.1 Å². The van der Waals surface area contributed by atoms with Gasteiger partial charge in [0.25, 0.3) is 5.91 Å². The van der Waals surface area contributed by atoms with Crippen molar-refractivity contribution in [1.82, 2.24) is 0 Å². The monoisotopic (exact) mass is 422 g/mol. The number of amides is 1. The van der Waals surface area contributed by atoms with Crippen molar-refractivity contribution in [2.75, 3.05) is 10.6 Å². The molecule has 3 heteroatoms. The molecule has 0 unspecified atom stereocenters. The Bertz CT molecular complexity index is 1190. The van der Waals surface area contributed by atoms with Crippen molar-refractivity contribution < 1.29 is 4.79 Å². The van der Waals surface area contributed by atoms with E-state index in [-0.39, 0.29) is 5.91 Å². The van der Waals surface area contributed by atoms with Crippen molar-refractivity contribution in [3.05, 3.63) is 94.5 Å². The summed E-state index contributed by atoms with van der Waals surface area (Å²) < 4.78 is 0. The molecule has 3 aromatic rings. The van der Waals surface area contributed by atoms with Gasteiger partial charge >= 0.3 is 0 Å². The molecule has 3 aromatic carbocycles. The fraction of sp³-hybridized carbons (Fsp3) is 0.345. The van der Waals surface area contributed by atoms with E-state index in [0.29, 0.717) is 17.9 Å². The van der Waals surface area contributed by atoms with Gasteiger partial charge in [-0.05, 0) is 103 Å². The molecule has 2 bridgehead atoms. The number of benzene rings is 3. The van der Waals surface area contributed by atoms with Crippen LogP contribution in [0.4, 0.5) is 11.4 Å². The maximum absolute atomic E-state index is 13.2. The predicted octanol–water partition coefficient (Wildman–Crippen LogP) is 6.85. The summed E-state index contributed by atoms with van der Waals surface area (Å²) in [6.07, 6.45) is 4.00. The van der Waals surface area contributed by atoms with E-state index >= 15 is 0 Å². The lowest BCUT2D eigenvalue weighted by Crippen LogP contribution is -2.35. The third-order valence-corrected chi connectivity index (χ3v) is 8.15. The largest absolute Gasteiger partial charge is 0.378 e. The summed E-state index contributed by atoms with van der Waals surface area (Å²) in [4.78, 5) is 13.2. The molecule has 3 nitrogen and oxygen atoms in total. The zero-order valence-corrected chi connectivity index (χ0v) is 18.8. The number of hydrogen-bond acceptors (Lipinski definition) is 2. The number of anilines is 2. The van der Waals surface area contributed by atoms with Crippen LogP contribution < -0.4 is 10.6 Å². The van der Waals surface area contributed by atoms with E-state index in [0.717, 1.165) is 34.2 Å². The molecule has 0 saturated heterocycles. The molecule has 1 heterocycles. The number of fused-ring (bicyclic) bond motifs is 7. The molecule has 32 heavy (non-hydrogen) atoms. The third-order valence-electron chi connectivity index (χ3n) is 8.15. The van der Waals surface area contributed by atoms with Gasteiger partial charge < -0.3 is 10.6 Å². The van der Waals surface area contributed by atoms with Crippen LogP contribution in [-0.2, 0) is 0 Å². The van der Waals surface area contributed by atoms with Crippen molar-refractivity contribution in [1.29, 1.82) is 0 Å². The Morgan fingerprint density at radius 3 is 2.59 bits per heavy atom. The fourth-order valence-electron chi connectivity index (χ4n) is 6.68. The van der Waals surface area contributed by atoms with Crippen LogP contribution >= 0.6 is 0 Å².